The van der Waals surface area contributed by atoms with E-state index in [1.807, 2.05) is 13.0 Å². The number of hydrogen-bond acceptors (Lipinski definition) is 4. The third-order valence-electron chi connectivity index (χ3n) is 4.67. The van der Waals surface area contributed by atoms with Crippen molar-refractivity contribution >= 4 is 17.5 Å². The number of nitrogens with one attached hydrogen (secondary N) is 1. The quantitative estimate of drug-likeness (QED) is 0.858. The van der Waals surface area contributed by atoms with Crippen LogP contribution < -0.4 is 10.1 Å². The van der Waals surface area contributed by atoms with E-state index in [1.165, 1.54) is 0 Å². The molecule has 2 aromatic rings. The molecule has 0 spiro atoms. The van der Waals surface area contributed by atoms with Crippen LogP contribution in [0.2, 0.25) is 5.02 Å². The molecule has 0 aliphatic heterocycles. The second kappa shape index (κ2) is 7.42. The van der Waals surface area contributed by atoms with Crippen LogP contribution in [0.1, 0.15) is 40.4 Å². The topological polar surface area (TPSA) is 71.5 Å². The van der Waals surface area contributed by atoms with Gasteiger partial charge in [-0.25, -0.2) is 4.98 Å². The summed E-state index contributed by atoms with van der Waals surface area (Å²) >= 11 is 5.97. The molecule has 25 heavy (non-hydrogen) atoms. The second-order valence-electron chi connectivity index (χ2n) is 6.43. The van der Waals surface area contributed by atoms with Crippen LogP contribution in [0.3, 0.4) is 0 Å². The van der Waals surface area contributed by atoms with Crippen molar-refractivity contribution in [2.75, 3.05) is 7.11 Å². The van der Waals surface area contributed by atoms with Crippen LogP contribution in [0, 0.1) is 12.8 Å². The Balaban J connectivity index is 1.83. The smallest absolute Gasteiger partial charge is 0.252 e. The van der Waals surface area contributed by atoms with Crippen molar-refractivity contribution < 1.29 is 14.6 Å². The van der Waals surface area contributed by atoms with Gasteiger partial charge in [-0.15, -0.1) is 0 Å². The van der Waals surface area contributed by atoms with Crippen molar-refractivity contribution in [1.82, 2.24) is 10.3 Å². The maximum atomic E-state index is 12.7. The van der Waals surface area contributed by atoms with Crippen LogP contribution in [-0.4, -0.2) is 29.2 Å². The molecule has 5 nitrogen and oxygen atoms in total. The molecule has 1 fully saturated rings. The number of benzene rings is 1. The van der Waals surface area contributed by atoms with E-state index in [2.05, 4.69) is 10.3 Å². The lowest BCUT2D eigenvalue weighted by molar-refractivity contribution is 0.0234. The Morgan fingerprint density at radius 3 is 2.68 bits per heavy atom. The summed E-state index contributed by atoms with van der Waals surface area (Å²) < 4.78 is 5.09. The van der Waals surface area contributed by atoms with Crippen molar-refractivity contribution in [2.45, 2.75) is 31.9 Å². The first-order valence-corrected chi connectivity index (χ1v) is 8.60. The number of carbonyl (C=O) groups excluding carboxylic acids is 1. The molecular formula is C19H21ClN2O3. The van der Waals surface area contributed by atoms with Gasteiger partial charge in [0, 0.05) is 22.8 Å². The summed E-state index contributed by atoms with van der Waals surface area (Å²) in [5.74, 6) is 0.550. The molecule has 0 radical (unpaired) electrons. The van der Waals surface area contributed by atoms with Gasteiger partial charge in [-0.3, -0.25) is 4.79 Å². The van der Waals surface area contributed by atoms with E-state index in [9.17, 15) is 9.90 Å². The van der Waals surface area contributed by atoms with Gasteiger partial charge in [-0.1, -0.05) is 17.7 Å². The third kappa shape index (κ3) is 3.94. The first-order chi connectivity index (χ1) is 12.0. The number of aromatic nitrogens is 1. The molecule has 3 rings (SSSR count). The Bertz CT molecular complexity index is 758. The molecule has 1 amide bonds. The molecule has 132 valence electrons. The monoisotopic (exact) mass is 360 g/mol. The van der Waals surface area contributed by atoms with Crippen LogP contribution in [0.5, 0.6) is 5.88 Å². The predicted molar refractivity (Wildman–Crippen MR) is 95.9 cm³/mol. The normalized spacial score (nSPS) is 20.5. The fourth-order valence-electron chi connectivity index (χ4n) is 3.17. The van der Waals surface area contributed by atoms with Gasteiger partial charge in [0.15, 0.2) is 0 Å². The summed E-state index contributed by atoms with van der Waals surface area (Å²) in [6, 6.07) is 8.68. The van der Waals surface area contributed by atoms with Crippen molar-refractivity contribution in [2.24, 2.45) is 5.92 Å². The Morgan fingerprint density at radius 2 is 2.12 bits per heavy atom. The summed E-state index contributed by atoms with van der Waals surface area (Å²) in [5, 5.41) is 13.4. The van der Waals surface area contributed by atoms with Gasteiger partial charge in [0.25, 0.3) is 5.91 Å². The van der Waals surface area contributed by atoms with Gasteiger partial charge in [0.1, 0.15) is 0 Å². The van der Waals surface area contributed by atoms with Crippen LogP contribution in [-0.2, 0) is 0 Å². The standard InChI is InChI=1S/C19H21ClN2O3/c1-11-7-14(20)4-5-16(11)19(24)22-18(13-8-15(23)9-13)12-3-6-17(25-2)21-10-12/h3-7,10,13,15,18,23H,8-9H2,1-2H3,(H,22,24)/t13?,15?,18-/m0/s1. The van der Waals surface area contributed by atoms with Gasteiger partial charge in [0.2, 0.25) is 5.88 Å². The van der Waals surface area contributed by atoms with Gasteiger partial charge in [-0.05, 0) is 55.0 Å². The number of halogens is 1. The van der Waals surface area contributed by atoms with E-state index in [0.29, 0.717) is 29.3 Å². The van der Waals surface area contributed by atoms with Crippen molar-refractivity contribution in [1.29, 1.82) is 0 Å². The minimum atomic E-state index is -0.298. The SMILES string of the molecule is COc1ccc([C@H](NC(=O)c2ccc(Cl)cc2C)C2CC(O)C2)cn1. The number of ether oxygens (including phenoxy) is 1. The summed E-state index contributed by atoms with van der Waals surface area (Å²) in [5.41, 5.74) is 2.32. The predicted octanol–water partition coefficient (Wildman–Crippen LogP) is 3.29. The summed E-state index contributed by atoms with van der Waals surface area (Å²) in [6.07, 6.45) is 2.74. The fraction of sp³-hybridized carbons (Fsp3) is 0.368. The van der Waals surface area contributed by atoms with Crippen molar-refractivity contribution in [3.63, 3.8) is 0 Å². The van der Waals surface area contributed by atoms with Crippen molar-refractivity contribution in [3.8, 4) is 5.88 Å². The van der Waals surface area contributed by atoms with Crippen molar-refractivity contribution in [3.05, 3.63) is 58.2 Å². The summed E-state index contributed by atoms with van der Waals surface area (Å²) in [4.78, 5) is 17.0. The number of hydrogen-bond donors (Lipinski definition) is 2. The second-order valence-corrected chi connectivity index (χ2v) is 6.87. The van der Waals surface area contributed by atoms with E-state index < -0.39 is 0 Å². The molecular weight excluding hydrogens is 340 g/mol. The lowest BCUT2D eigenvalue weighted by Gasteiger charge is -2.38. The maximum absolute atomic E-state index is 12.7. The first-order valence-electron chi connectivity index (χ1n) is 8.23. The zero-order valence-electron chi connectivity index (χ0n) is 14.2. The van der Waals surface area contributed by atoms with E-state index in [1.54, 1.807) is 37.6 Å². The molecule has 1 aromatic heterocycles. The molecule has 1 aliphatic carbocycles. The highest BCUT2D eigenvalue weighted by molar-refractivity contribution is 6.30. The first kappa shape index (κ1) is 17.7. The number of methoxy groups -OCH3 is 1. The lowest BCUT2D eigenvalue weighted by Crippen LogP contribution is -2.41. The molecule has 1 aliphatic rings. The fourth-order valence-corrected chi connectivity index (χ4v) is 3.40. The van der Waals surface area contributed by atoms with Gasteiger partial charge >= 0.3 is 0 Å². The largest absolute Gasteiger partial charge is 0.481 e. The summed E-state index contributed by atoms with van der Waals surface area (Å²) in [7, 11) is 1.56. The molecule has 1 saturated carbocycles. The lowest BCUT2D eigenvalue weighted by atomic mass is 9.75. The Kier molecular flexibility index (Phi) is 5.25. The molecule has 2 N–H and O–H groups in total. The average molecular weight is 361 g/mol. The molecule has 1 atom stereocenters. The summed E-state index contributed by atoms with van der Waals surface area (Å²) in [6.45, 7) is 1.86. The van der Waals surface area contributed by atoms with Gasteiger partial charge in [0.05, 0.1) is 19.3 Å². The Hall–Kier alpha value is -2.11. The molecule has 0 bridgehead atoms. The molecule has 0 unspecified atom stereocenters. The highest BCUT2D eigenvalue weighted by Gasteiger charge is 2.36. The van der Waals surface area contributed by atoms with E-state index in [4.69, 9.17) is 16.3 Å². The minimum absolute atomic E-state index is 0.156. The highest BCUT2D eigenvalue weighted by Crippen LogP contribution is 2.38. The number of nitrogens with zero attached hydrogens (tertiary/aromatic N) is 1. The van der Waals surface area contributed by atoms with Crippen LogP contribution in [0.4, 0.5) is 0 Å². The van der Waals surface area contributed by atoms with Gasteiger partial charge in [-0.2, -0.15) is 0 Å². The number of aryl methyl sites for hydroxylation is 1. The average Bonchev–Trinajstić information content (AvgIpc) is 2.57. The van der Waals surface area contributed by atoms with Crippen LogP contribution in [0.25, 0.3) is 0 Å². The maximum Gasteiger partial charge on any atom is 0.252 e. The van der Waals surface area contributed by atoms with E-state index in [-0.39, 0.29) is 24.0 Å². The molecule has 0 saturated heterocycles. The zero-order chi connectivity index (χ0) is 18.0. The highest BCUT2D eigenvalue weighted by atomic mass is 35.5. The van der Waals surface area contributed by atoms with Gasteiger partial charge < -0.3 is 15.2 Å². The number of rotatable bonds is 5. The van der Waals surface area contributed by atoms with Crippen LogP contribution in [0.15, 0.2) is 36.5 Å². The number of carbonyl (C=O) groups is 1. The molecule has 1 aromatic carbocycles. The Morgan fingerprint density at radius 1 is 1.36 bits per heavy atom. The molecule has 1 heterocycles. The molecule has 6 heteroatoms. The van der Waals surface area contributed by atoms with E-state index in [0.717, 1.165) is 11.1 Å². The number of aliphatic hydroxyl groups is 1. The number of pyridine rings is 1. The van der Waals surface area contributed by atoms with Crippen LogP contribution >= 0.6 is 11.6 Å². The Labute approximate surface area is 152 Å². The minimum Gasteiger partial charge on any atom is -0.481 e. The zero-order valence-corrected chi connectivity index (χ0v) is 15.0. The third-order valence-corrected chi connectivity index (χ3v) is 4.90. The number of amides is 1. The number of aliphatic hydroxyl groups excluding tert-OH is 1. The van der Waals surface area contributed by atoms with E-state index >= 15 is 0 Å².